The SMILES string of the molecule is NS(=O)(=O)c1ccc(CNC(=O)c2cncc3c2CCNC3)cc1. The molecule has 7 nitrogen and oxygen atoms in total. The van der Waals surface area contributed by atoms with Crippen molar-refractivity contribution in [1.82, 2.24) is 15.6 Å². The first-order valence-corrected chi connectivity index (χ1v) is 9.06. The number of aromatic nitrogens is 1. The van der Waals surface area contributed by atoms with E-state index in [4.69, 9.17) is 5.14 Å². The minimum Gasteiger partial charge on any atom is -0.348 e. The summed E-state index contributed by atoms with van der Waals surface area (Å²) < 4.78 is 22.5. The highest BCUT2D eigenvalue weighted by Crippen LogP contribution is 2.17. The van der Waals surface area contributed by atoms with E-state index in [1.165, 1.54) is 12.1 Å². The third-order valence-electron chi connectivity index (χ3n) is 3.96. The van der Waals surface area contributed by atoms with Crippen LogP contribution in [0.15, 0.2) is 41.6 Å². The summed E-state index contributed by atoms with van der Waals surface area (Å²) in [7, 11) is -3.71. The molecule has 1 aromatic heterocycles. The summed E-state index contributed by atoms with van der Waals surface area (Å²) in [4.78, 5) is 16.6. The van der Waals surface area contributed by atoms with Crippen LogP contribution in [-0.2, 0) is 29.5 Å². The lowest BCUT2D eigenvalue weighted by atomic mass is 9.98. The van der Waals surface area contributed by atoms with E-state index in [1.54, 1.807) is 24.5 Å². The Morgan fingerprint density at radius 3 is 2.71 bits per heavy atom. The van der Waals surface area contributed by atoms with Crippen molar-refractivity contribution >= 4 is 15.9 Å². The number of benzene rings is 1. The van der Waals surface area contributed by atoms with Crippen molar-refractivity contribution in [3.63, 3.8) is 0 Å². The fourth-order valence-electron chi connectivity index (χ4n) is 2.68. The van der Waals surface area contributed by atoms with Gasteiger partial charge in [-0.15, -0.1) is 0 Å². The molecule has 8 heteroatoms. The van der Waals surface area contributed by atoms with Crippen LogP contribution in [0.2, 0.25) is 0 Å². The first kappa shape index (κ1) is 16.6. The number of hydrogen-bond acceptors (Lipinski definition) is 5. The quantitative estimate of drug-likeness (QED) is 0.737. The normalized spacial score (nSPS) is 14.0. The number of rotatable bonds is 4. The number of amides is 1. The molecule has 2 heterocycles. The molecule has 0 radical (unpaired) electrons. The maximum atomic E-state index is 12.4. The predicted molar refractivity (Wildman–Crippen MR) is 88.6 cm³/mol. The van der Waals surface area contributed by atoms with Gasteiger partial charge < -0.3 is 10.6 Å². The Labute approximate surface area is 140 Å². The summed E-state index contributed by atoms with van der Waals surface area (Å²) in [5.74, 6) is -0.184. The summed E-state index contributed by atoms with van der Waals surface area (Å²) in [6, 6.07) is 6.11. The Morgan fingerprint density at radius 2 is 2.00 bits per heavy atom. The van der Waals surface area contributed by atoms with Gasteiger partial charge in [-0.1, -0.05) is 12.1 Å². The van der Waals surface area contributed by atoms with Crippen LogP contribution in [0.5, 0.6) is 0 Å². The van der Waals surface area contributed by atoms with Crippen LogP contribution in [0.4, 0.5) is 0 Å². The monoisotopic (exact) mass is 346 g/mol. The van der Waals surface area contributed by atoms with Gasteiger partial charge in [0.2, 0.25) is 10.0 Å². The molecule has 1 aliphatic heterocycles. The molecule has 2 aromatic rings. The molecule has 1 aliphatic rings. The van der Waals surface area contributed by atoms with Gasteiger partial charge in [0, 0.05) is 25.5 Å². The smallest absolute Gasteiger partial charge is 0.253 e. The van der Waals surface area contributed by atoms with Crippen LogP contribution in [0.25, 0.3) is 0 Å². The largest absolute Gasteiger partial charge is 0.348 e. The Morgan fingerprint density at radius 1 is 1.25 bits per heavy atom. The lowest BCUT2D eigenvalue weighted by Crippen LogP contribution is -2.29. The number of nitrogens with zero attached hydrogens (tertiary/aromatic N) is 1. The fraction of sp³-hybridized carbons (Fsp3) is 0.250. The molecule has 0 unspecified atom stereocenters. The van der Waals surface area contributed by atoms with E-state index < -0.39 is 10.0 Å². The number of hydrogen-bond donors (Lipinski definition) is 3. The maximum absolute atomic E-state index is 12.4. The van der Waals surface area contributed by atoms with Crippen molar-refractivity contribution in [3.05, 3.63) is 58.9 Å². The van der Waals surface area contributed by atoms with E-state index in [0.29, 0.717) is 12.1 Å². The maximum Gasteiger partial charge on any atom is 0.253 e. The molecule has 0 spiro atoms. The van der Waals surface area contributed by atoms with Gasteiger partial charge in [0.1, 0.15) is 0 Å². The molecule has 0 saturated heterocycles. The van der Waals surface area contributed by atoms with Crippen molar-refractivity contribution in [2.24, 2.45) is 5.14 Å². The topological polar surface area (TPSA) is 114 Å². The highest BCUT2D eigenvalue weighted by atomic mass is 32.2. The van der Waals surface area contributed by atoms with Crippen LogP contribution in [0.1, 0.15) is 27.0 Å². The van der Waals surface area contributed by atoms with Crippen molar-refractivity contribution in [2.45, 2.75) is 24.4 Å². The van der Waals surface area contributed by atoms with Gasteiger partial charge in [-0.2, -0.15) is 0 Å². The van der Waals surface area contributed by atoms with Crippen molar-refractivity contribution in [3.8, 4) is 0 Å². The van der Waals surface area contributed by atoms with Gasteiger partial charge in [0.25, 0.3) is 5.91 Å². The van der Waals surface area contributed by atoms with Gasteiger partial charge in [0.15, 0.2) is 0 Å². The van der Waals surface area contributed by atoms with Crippen molar-refractivity contribution in [1.29, 1.82) is 0 Å². The highest BCUT2D eigenvalue weighted by molar-refractivity contribution is 7.89. The Hall–Kier alpha value is -2.29. The molecule has 0 aliphatic carbocycles. The number of nitrogens with one attached hydrogen (secondary N) is 2. The molecule has 126 valence electrons. The van der Waals surface area contributed by atoms with Crippen LogP contribution >= 0.6 is 0 Å². The number of primary sulfonamides is 1. The average molecular weight is 346 g/mol. The first-order chi connectivity index (χ1) is 11.4. The number of nitrogens with two attached hydrogens (primary N) is 1. The van der Waals surface area contributed by atoms with Gasteiger partial charge in [-0.25, -0.2) is 13.6 Å². The second-order valence-corrected chi connectivity index (χ2v) is 7.18. The zero-order valence-corrected chi connectivity index (χ0v) is 13.8. The van der Waals surface area contributed by atoms with Gasteiger partial charge >= 0.3 is 0 Å². The zero-order chi connectivity index (χ0) is 17.2. The van der Waals surface area contributed by atoms with Gasteiger partial charge in [-0.3, -0.25) is 9.78 Å². The molecule has 1 amide bonds. The summed E-state index contributed by atoms with van der Waals surface area (Å²) in [6.45, 7) is 1.86. The third kappa shape index (κ3) is 3.61. The van der Waals surface area contributed by atoms with Crippen molar-refractivity contribution in [2.75, 3.05) is 6.54 Å². The molecule has 0 atom stereocenters. The standard InChI is InChI=1S/C16H18N4O3S/c17-24(22,23)13-3-1-11(2-4-13)7-20-16(21)15-10-19-9-12-8-18-6-5-14(12)15/h1-4,9-10,18H,5-8H2,(H,20,21)(H2,17,22,23). The van der Waals surface area contributed by atoms with E-state index in [0.717, 1.165) is 36.2 Å². The summed E-state index contributed by atoms with van der Waals surface area (Å²) in [5.41, 5.74) is 3.46. The Balaban J connectivity index is 1.70. The molecule has 0 fully saturated rings. The summed E-state index contributed by atoms with van der Waals surface area (Å²) in [5, 5.41) is 11.2. The second-order valence-electron chi connectivity index (χ2n) is 5.62. The number of sulfonamides is 1. The van der Waals surface area contributed by atoms with E-state index >= 15 is 0 Å². The van der Waals surface area contributed by atoms with E-state index in [-0.39, 0.29) is 10.8 Å². The first-order valence-electron chi connectivity index (χ1n) is 7.51. The molecular formula is C16H18N4O3S. The molecule has 3 rings (SSSR count). The zero-order valence-electron chi connectivity index (χ0n) is 13.0. The minimum absolute atomic E-state index is 0.0476. The number of fused-ring (bicyclic) bond motifs is 1. The second kappa shape index (κ2) is 6.68. The number of carbonyl (C=O) groups is 1. The Bertz CT molecular complexity index is 863. The van der Waals surface area contributed by atoms with Crippen LogP contribution in [-0.4, -0.2) is 25.9 Å². The number of carbonyl (C=O) groups excluding carboxylic acids is 1. The molecule has 4 N–H and O–H groups in total. The minimum atomic E-state index is -3.71. The highest BCUT2D eigenvalue weighted by Gasteiger charge is 2.17. The van der Waals surface area contributed by atoms with Crippen molar-refractivity contribution < 1.29 is 13.2 Å². The van der Waals surface area contributed by atoms with Gasteiger partial charge in [0.05, 0.1) is 10.5 Å². The summed E-state index contributed by atoms with van der Waals surface area (Å²) in [6.07, 6.45) is 4.16. The lowest BCUT2D eigenvalue weighted by molar-refractivity contribution is 0.0949. The summed E-state index contributed by atoms with van der Waals surface area (Å²) >= 11 is 0. The predicted octanol–water partition coefficient (Wildman–Crippen LogP) is 0.305. The lowest BCUT2D eigenvalue weighted by Gasteiger charge is -2.19. The molecule has 0 bridgehead atoms. The van der Waals surface area contributed by atoms with E-state index in [2.05, 4.69) is 15.6 Å². The van der Waals surface area contributed by atoms with Gasteiger partial charge in [-0.05, 0) is 41.8 Å². The molecule has 0 saturated carbocycles. The van der Waals surface area contributed by atoms with Crippen LogP contribution in [0.3, 0.4) is 0 Å². The number of pyridine rings is 1. The third-order valence-corrected chi connectivity index (χ3v) is 4.89. The van der Waals surface area contributed by atoms with E-state index in [9.17, 15) is 13.2 Å². The Kier molecular flexibility index (Phi) is 4.61. The van der Waals surface area contributed by atoms with Crippen LogP contribution < -0.4 is 15.8 Å². The molecule has 24 heavy (non-hydrogen) atoms. The molecule has 1 aromatic carbocycles. The fourth-order valence-corrected chi connectivity index (χ4v) is 3.20. The van der Waals surface area contributed by atoms with Crippen LogP contribution in [0, 0.1) is 0 Å². The molecular weight excluding hydrogens is 328 g/mol. The average Bonchev–Trinajstić information content (AvgIpc) is 2.59. The van der Waals surface area contributed by atoms with E-state index in [1.807, 2.05) is 0 Å².